The van der Waals surface area contributed by atoms with Gasteiger partial charge in [0.15, 0.2) is 0 Å². The van der Waals surface area contributed by atoms with Crippen LogP contribution in [0.4, 0.5) is 10.1 Å². The fourth-order valence-corrected chi connectivity index (χ4v) is 3.44. The maximum absolute atomic E-state index is 13.4. The average molecular weight is 415 g/mol. The number of nitrogens with zero attached hydrogens (tertiary/aromatic N) is 1. The molecule has 1 unspecified atom stereocenters. The molecule has 0 spiro atoms. The van der Waals surface area contributed by atoms with Crippen LogP contribution in [-0.2, 0) is 6.54 Å². The van der Waals surface area contributed by atoms with Crippen LogP contribution in [0.3, 0.4) is 0 Å². The van der Waals surface area contributed by atoms with Crippen molar-refractivity contribution in [2.24, 2.45) is 0 Å². The highest BCUT2D eigenvalue weighted by Gasteiger charge is 2.18. The highest BCUT2D eigenvalue weighted by Crippen LogP contribution is 2.30. The number of halogens is 2. The van der Waals surface area contributed by atoms with Gasteiger partial charge in [-0.15, -0.1) is 0 Å². The Bertz CT molecular complexity index is 907. The maximum atomic E-state index is 13.4. The average Bonchev–Trinajstić information content (AvgIpc) is 2.71. The fraction of sp³-hybridized carbons (Fsp3) is 0.217. The first-order valence-electron chi connectivity index (χ1n) is 9.43. The van der Waals surface area contributed by atoms with Crippen LogP contribution in [-0.4, -0.2) is 34.8 Å². The summed E-state index contributed by atoms with van der Waals surface area (Å²) >= 11 is 6.28. The molecule has 0 heterocycles. The molecule has 0 aliphatic rings. The standard InChI is InChI=1S/C23H24ClFN2O2/c24-21-14-20(29)10-11-22(21)26-23(18-6-8-19(25)9-7-18)16-27(12-13-28)15-17-4-2-1-3-5-17/h1-11,14,23,26,28-29H,12-13,15-16H2. The van der Waals surface area contributed by atoms with Crippen LogP contribution >= 0.6 is 11.6 Å². The lowest BCUT2D eigenvalue weighted by Gasteiger charge is -2.29. The monoisotopic (exact) mass is 414 g/mol. The van der Waals surface area contributed by atoms with Gasteiger partial charge < -0.3 is 15.5 Å². The molecule has 0 fully saturated rings. The van der Waals surface area contributed by atoms with Crippen LogP contribution in [0.25, 0.3) is 0 Å². The van der Waals surface area contributed by atoms with Crippen LogP contribution < -0.4 is 5.32 Å². The van der Waals surface area contributed by atoms with E-state index in [1.165, 1.54) is 18.2 Å². The van der Waals surface area contributed by atoms with Crippen molar-refractivity contribution in [3.8, 4) is 5.75 Å². The summed E-state index contributed by atoms with van der Waals surface area (Å²) in [5, 5.41) is 22.9. The molecule has 1 atom stereocenters. The Morgan fingerprint density at radius 1 is 1.00 bits per heavy atom. The van der Waals surface area contributed by atoms with Crippen molar-refractivity contribution in [3.05, 3.63) is 94.8 Å². The minimum atomic E-state index is -0.299. The second-order valence-corrected chi connectivity index (χ2v) is 7.26. The summed E-state index contributed by atoms with van der Waals surface area (Å²) in [5.41, 5.74) is 2.70. The molecule has 0 aliphatic heterocycles. The number of anilines is 1. The van der Waals surface area contributed by atoms with E-state index in [2.05, 4.69) is 10.2 Å². The van der Waals surface area contributed by atoms with Crippen LogP contribution in [0, 0.1) is 5.82 Å². The zero-order valence-electron chi connectivity index (χ0n) is 15.9. The second-order valence-electron chi connectivity index (χ2n) is 6.86. The van der Waals surface area contributed by atoms with Gasteiger partial charge in [-0.3, -0.25) is 4.90 Å². The minimum absolute atomic E-state index is 0.0307. The van der Waals surface area contributed by atoms with E-state index in [-0.39, 0.29) is 24.2 Å². The minimum Gasteiger partial charge on any atom is -0.508 e. The molecule has 0 bridgehead atoms. The quantitative estimate of drug-likeness (QED) is 0.439. The van der Waals surface area contributed by atoms with Gasteiger partial charge in [0.25, 0.3) is 0 Å². The number of hydrogen-bond acceptors (Lipinski definition) is 4. The lowest BCUT2D eigenvalue weighted by molar-refractivity contribution is 0.185. The van der Waals surface area contributed by atoms with Crippen molar-refractivity contribution in [1.82, 2.24) is 4.90 Å². The summed E-state index contributed by atoms with van der Waals surface area (Å²) in [7, 11) is 0. The molecule has 3 N–H and O–H groups in total. The van der Waals surface area contributed by atoms with Crippen molar-refractivity contribution in [2.45, 2.75) is 12.6 Å². The van der Waals surface area contributed by atoms with Crippen molar-refractivity contribution >= 4 is 17.3 Å². The summed E-state index contributed by atoms with van der Waals surface area (Å²) in [6, 6.07) is 20.9. The van der Waals surface area contributed by atoms with E-state index in [1.54, 1.807) is 24.3 Å². The number of aliphatic hydroxyl groups excluding tert-OH is 1. The Kier molecular flexibility index (Phi) is 7.47. The Morgan fingerprint density at radius 3 is 2.38 bits per heavy atom. The molecular formula is C23H24ClFN2O2. The Labute approximate surface area is 175 Å². The second kappa shape index (κ2) is 10.3. The fourth-order valence-electron chi connectivity index (χ4n) is 3.21. The highest BCUT2D eigenvalue weighted by atomic mass is 35.5. The predicted molar refractivity (Wildman–Crippen MR) is 115 cm³/mol. The molecule has 0 aliphatic carbocycles. The number of phenols is 1. The first kappa shape index (κ1) is 21.1. The third-order valence-corrected chi connectivity index (χ3v) is 4.97. The molecule has 0 amide bonds. The van der Waals surface area contributed by atoms with Crippen LogP contribution in [0.2, 0.25) is 5.02 Å². The molecule has 0 radical (unpaired) electrons. The van der Waals surface area contributed by atoms with E-state index in [1.807, 2.05) is 30.3 Å². The maximum Gasteiger partial charge on any atom is 0.123 e. The summed E-state index contributed by atoms with van der Waals surface area (Å²) in [6.45, 7) is 1.77. The van der Waals surface area contributed by atoms with Crippen LogP contribution in [0.5, 0.6) is 5.75 Å². The molecule has 3 aromatic carbocycles. The highest BCUT2D eigenvalue weighted by molar-refractivity contribution is 6.33. The molecule has 0 saturated heterocycles. The zero-order valence-corrected chi connectivity index (χ0v) is 16.7. The molecule has 3 rings (SSSR count). The van der Waals surface area contributed by atoms with Gasteiger partial charge in [0.05, 0.1) is 23.4 Å². The Morgan fingerprint density at radius 2 is 1.72 bits per heavy atom. The van der Waals surface area contributed by atoms with Gasteiger partial charge in [-0.2, -0.15) is 0 Å². The van der Waals surface area contributed by atoms with E-state index in [0.717, 1.165) is 11.1 Å². The predicted octanol–water partition coefficient (Wildman–Crippen LogP) is 4.83. The molecule has 3 aromatic rings. The van der Waals surface area contributed by atoms with Crippen LogP contribution in [0.1, 0.15) is 17.2 Å². The van der Waals surface area contributed by atoms with Crippen LogP contribution in [0.15, 0.2) is 72.8 Å². The molecule has 0 saturated carbocycles. The van der Waals surface area contributed by atoms with E-state index in [0.29, 0.717) is 30.3 Å². The van der Waals surface area contributed by atoms with Gasteiger partial charge in [0, 0.05) is 25.7 Å². The Balaban J connectivity index is 1.85. The van der Waals surface area contributed by atoms with Crippen molar-refractivity contribution in [1.29, 1.82) is 0 Å². The van der Waals surface area contributed by atoms with Gasteiger partial charge >= 0.3 is 0 Å². The number of hydrogen-bond donors (Lipinski definition) is 3. The third-order valence-electron chi connectivity index (χ3n) is 4.66. The van der Waals surface area contributed by atoms with E-state index < -0.39 is 0 Å². The SMILES string of the molecule is OCCN(Cc1ccccc1)CC(Nc1ccc(O)cc1Cl)c1ccc(F)cc1. The van der Waals surface area contributed by atoms with Gasteiger partial charge in [0.1, 0.15) is 11.6 Å². The number of aromatic hydroxyl groups is 1. The number of benzene rings is 3. The first-order chi connectivity index (χ1) is 14.0. The zero-order chi connectivity index (χ0) is 20.6. The number of rotatable bonds is 9. The summed E-state index contributed by atoms with van der Waals surface area (Å²) in [5.74, 6) is -0.212. The van der Waals surface area contributed by atoms with Crippen molar-refractivity contribution in [2.75, 3.05) is 25.0 Å². The van der Waals surface area contributed by atoms with Gasteiger partial charge in [0.2, 0.25) is 0 Å². The topological polar surface area (TPSA) is 55.7 Å². The van der Waals surface area contributed by atoms with Crippen molar-refractivity contribution in [3.63, 3.8) is 0 Å². The van der Waals surface area contributed by atoms with Crippen molar-refractivity contribution < 1.29 is 14.6 Å². The first-order valence-corrected chi connectivity index (χ1v) is 9.80. The normalized spacial score (nSPS) is 12.1. The lowest BCUT2D eigenvalue weighted by atomic mass is 10.0. The lowest BCUT2D eigenvalue weighted by Crippen LogP contribution is -2.33. The molecule has 0 aromatic heterocycles. The van der Waals surface area contributed by atoms with E-state index >= 15 is 0 Å². The Hall–Kier alpha value is -2.60. The largest absolute Gasteiger partial charge is 0.508 e. The number of nitrogens with one attached hydrogen (secondary N) is 1. The molecular weight excluding hydrogens is 391 g/mol. The number of phenolic OH excluding ortho intramolecular Hbond substituents is 1. The molecule has 4 nitrogen and oxygen atoms in total. The number of aliphatic hydroxyl groups is 1. The van der Waals surface area contributed by atoms with E-state index in [9.17, 15) is 14.6 Å². The molecule has 152 valence electrons. The third kappa shape index (κ3) is 6.19. The smallest absolute Gasteiger partial charge is 0.123 e. The summed E-state index contributed by atoms with van der Waals surface area (Å²) < 4.78 is 13.4. The molecule has 29 heavy (non-hydrogen) atoms. The summed E-state index contributed by atoms with van der Waals surface area (Å²) in [6.07, 6.45) is 0. The van der Waals surface area contributed by atoms with Gasteiger partial charge in [-0.05, 0) is 35.4 Å². The van der Waals surface area contributed by atoms with Gasteiger partial charge in [-0.25, -0.2) is 4.39 Å². The summed E-state index contributed by atoms with van der Waals surface area (Å²) in [4.78, 5) is 2.13. The van der Waals surface area contributed by atoms with E-state index in [4.69, 9.17) is 11.6 Å². The molecule has 6 heteroatoms. The van der Waals surface area contributed by atoms with Gasteiger partial charge in [-0.1, -0.05) is 54.1 Å².